The number of amides is 2. The number of ether oxygens (including phenoxy) is 1. The fourth-order valence-electron chi connectivity index (χ4n) is 2.70. The molecule has 0 aliphatic rings. The molecule has 0 unspecified atom stereocenters. The van der Waals surface area contributed by atoms with Crippen molar-refractivity contribution in [1.29, 1.82) is 0 Å². The average molecular weight is 369 g/mol. The topological polar surface area (TPSA) is 70.7 Å². The SMILES string of the molecule is COc1ccc(NC(=O)CN(C)CC(=O)NCCc2ccccc2C)cc1. The van der Waals surface area contributed by atoms with Gasteiger partial charge < -0.3 is 15.4 Å². The maximum absolute atomic E-state index is 12.1. The number of hydrogen-bond donors (Lipinski definition) is 2. The van der Waals surface area contributed by atoms with Crippen molar-refractivity contribution in [2.24, 2.45) is 0 Å². The molecule has 0 fully saturated rings. The van der Waals surface area contributed by atoms with Gasteiger partial charge in [-0.25, -0.2) is 0 Å². The Kier molecular flexibility index (Phi) is 7.82. The molecule has 0 aromatic heterocycles. The molecule has 2 aromatic carbocycles. The number of methoxy groups -OCH3 is 1. The molecule has 0 spiro atoms. The molecular weight excluding hydrogens is 342 g/mol. The molecule has 2 aromatic rings. The maximum atomic E-state index is 12.1. The van der Waals surface area contributed by atoms with Crippen LogP contribution in [-0.2, 0) is 16.0 Å². The molecule has 0 atom stereocenters. The van der Waals surface area contributed by atoms with Gasteiger partial charge in [-0.3, -0.25) is 14.5 Å². The maximum Gasteiger partial charge on any atom is 0.238 e. The standard InChI is InChI=1S/C21H27N3O3/c1-16-6-4-5-7-17(16)12-13-22-20(25)14-24(2)15-21(26)23-18-8-10-19(27-3)11-9-18/h4-11H,12-15H2,1-3H3,(H,22,25)(H,23,26). The van der Waals surface area contributed by atoms with Crippen molar-refractivity contribution in [1.82, 2.24) is 10.2 Å². The lowest BCUT2D eigenvalue weighted by Crippen LogP contribution is -2.39. The van der Waals surface area contributed by atoms with Gasteiger partial charge in [0.2, 0.25) is 11.8 Å². The fraction of sp³-hybridized carbons (Fsp3) is 0.333. The first-order valence-electron chi connectivity index (χ1n) is 8.91. The van der Waals surface area contributed by atoms with Crippen LogP contribution < -0.4 is 15.4 Å². The van der Waals surface area contributed by atoms with Gasteiger partial charge in [0.05, 0.1) is 20.2 Å². The smallest absolute Gasteiger partial charge is 0.238 e. The molecule has 0 aliphatic carbocycles. The number of aryl methyl sites for hydroxylation is 1. The van der Waals surface area contributed by atoms with Crippen LogP contribution in [0.25, 0.3) is 0 Å². The van der Waals surface area contributed by atoms with Crippen molar-refractivity contribution in [3.63, 3.8) is 0 Å². The summed E-state index contributed by atoms with van der Waals surface area (Å²) in [6.45, 7) is 2.95. The molecule has 0 bridgehead atoms. The van der Waals surface area contributed by atoms with Gasteiger partial charge in [-0.1, -0.05) is 24.3 Å². The number of benzene rings is 2. The fourth-order valence-corrected chi connectivity index (χ4v) is 2.70. The highest BCUT2D eigenvalue weighted by Gasteiger charge is 2.11. The zero-order chi connectivity index (χ0) is 19.6. The van der Waals surface area contributed by atoms with E-state index in [4.69, 9.17) is 4.74 Å². The number of carbonyl (C=O) groups excluding carboxylic acids is 2. The van der Waals surface area contributed by atoms with E-state index in [9.17, 15) is 9.59 Å². The van der Waals surface area contributed by atoms with Crippen LogP contribution in [0, 0.1) is 6.92 Å². The molecule has 6 heteroatoms. The number of carbonyl (C=O) groups is 2. The normalized spacial score (nSPS) is 10.5. The van der Waals surface area contributed by atoms with Gasteiger partial charge in [0.1, 0.15) is 5.75 Å². The minimum atomic E-state index is -0.171. The lowest BCUT2D eigenvalue weighted by atomic mass is 10.1. The molecule has 144 valence electrons. The van der Waals surface area contributed by atoms with Crippen LogP contribution in [0.5, 0.6) is 5.75 Å². The summed E-state index contributed by atoms with van der Waals surface area (Å²) < 4.78 is 5.08. The summed E-state index contributed by atoms with van der Waals surface area (Å²) in [6, 6.07) is 15.2. The first-order chi connectivity index (χ1) is 13.0. The summed E-state index contributed by atoms with van der Waals surface area (Å²) in [4.78, 5) is 25.8. The molecule has 0 aliphatic heterocycles. The highest BCUT2D eigenvalue weighted by atomic mass is 16.5. The van der Waals surface area contributed by atoms with Gasteiger partial charge >= 0.3 is 0 Å². The van der Waals surface area contributed by atoms with Crippen molar-refractivity contribution in [2.75, 3.05) is 39.1 Å². The molecule has 2 N–H and O–H groups in total. The van der Waals surface area contributed by atoms with Crippen molar-refractivity contribution in [3.05, 3.63) is 59.7 Å². The average Bonchev–Trinajstić information content (AvgIpc) is 2.63. The second kappa shape index (κ2) is 10.3. The summed E-state index contributed by atoms with van der Waals surface area (Å²) in [7, 11) is 3.34. The molecule has 6 nitrogen and oxygen atoms in total. The molecule has 0 heterocycles. The minimum absolute atomic E-state index is 0.0941. The van der Waals surface area contributed by atoms with E-state index in [1.165, 1.54) is 11.1 Å². The molecule has 0 radical (unpaired) electrons. The molecule has 2 amide bonds. The van der Waals surface area contributed by atoms with Crippen LogP contribution >= 0.6 is 0 Å². The molecule has 27 heavy (non-hydrogen) atoms. The number of rotatable bonds is 9. The highest BCUT2D eigenvalue weighted by Crippen LogP contribution is 2.14. The Bertz CT molecular complexity index is 760. The number of likely N-dealkylation sites (N-methyl/N-ethyl adjacent to an activating group) is 1. The molecule has 0 saturated carbocycles. The number of nitrogens with one attached hydrogen (secondary N) is 2. The third-order valence-electron chi connectivity index (χ3n) is 4.18. The van der Waals surface area contributed by atoms with Gasteiger partial charge in [-0.15, -0.1) is 0 Å². The first-order valence-corrected chi connectivity index (χ1v) is 8.91. The minimum Gasteiger partial charge on any atom is -0.497 e. The number of hydrogen-bond acceptors (Lipinski definition) is 4. The third-order valence-corrected chi connectivity index (χ3v) is 4.18. The van der Waals surface area contributed by atoms with Crippen molar-refractivity contribution in [2.45, 2.75) is 13.3 Å². The van der Waals surface area contributed by atoms with Gasteiger partial charge in [0.15, 0.2) is 0 Å². The second-order valence-electron chi connectivity index (χ2n) is 6.48. The Morgan fingerprint density at radius 3 is 2.33 bits per heavy atom. The summed E-state index contributed by atoms with van der Waals surface area (Å²) in [5.41, 5.74) is 3.14. The van der Waals surface area contributed by atoms with Crippen LogP contribution in [-0.4, -0.2) is 50.5 Å². The van der Waals surface area contributed by atoms with E-state index in [1.54, 1.807) is 43.3 Å². The lowest BCUT2D eigenvalue weighted by Gasteiger charge is -2.16. The zero-order valence-corrected chi connectivity index (χ0v) is 16.1. The Hall–Kier alpha value is -2.86. The quantitative estimate of drug-likeness (QED) is 0.711. The predicted molar refractivity (Wildman–Crippen MR) is 107 cm³/mol. The first kappa shape index (κ1) is 20.5. The van der Waals surface area contributed by atoms with Gasteiger partial charge in [-0.2, -0.15) is 0 Å². The van der Waals surface area contributed by atoms with Crippen LogP contribution in [0.2, 0.25) is 0 Å². The zero-order valence-electron chi connectivity index (χ0n) is 16.1. The largest absolute Gasteiger partial charge is 0.497 e. The van der Waals surface area contributed by atoms with Gasteiger partial charge in [0.25, 0.3) is 0 Å². The molecular formula is C21H27N3O3. The Balaban J connectivity index is 1.69. The van der Waals surface area contributed by atoms with Crippen molar-refractivity contribution < 1.29 is 14.3 Å². The molecule has 2 rings (SSSR count). The van der Waals surface area contributed by atoms with Crippen LogP contribution in [0.4, 0.5) is 5.69 Å². The van der Waals surface area contributed by atoms with Crippen molar-refractivity contribution in [3.8, 4) is 5.75 Å². The van der Waals surface area contributed by atoms with Crippen molar-refractivity contribution >= 4 is 17.5 Å². The third kappa shape index (κ3) is 7.11. The predicted octanol–water partition coefficient (Wildman–Crippen LogP) is 2.23. The van der Waals surface area contributed by atoms with E-state index >= 15 is 0 Å². The Labute approximate surface area is 160 Å². The van der Waals surface area contributed by atoms with E-state index < -0.39 is 0 Å². The van der Waals surface area contributed by atoms with Crippen LogP contribution in [0.3, 0.4) is 0 Å². The summed E-state index contributed by atoms with van der Waals surface area (Å²) >= 11 is 0. The lowest BCUT2D eigenvalue weighted by molar-refractivity contribution is -0.122. The highest BCUT2D eigenvalue weighted by molar-refractivity contribution is 5.92. The number of anilines is 1. The Morgan fingerprint density at radius 2 is 1.67 bits per heavy atom. The van der Waals surface area contributed by atoms with Crippen LogP contribution in [0.1, 0.15) is 11.1 Å². The summed E-state index contributed by atoms with van der Waals surface area (Å²) in [5.74, 6) is 0.464. The van der Waals surface area contributed by atoms with E-state index in [1.807, 2.05) is 12.1 Å². The monoisotopic (exact) mass is 369 g/mol. The van der Waals surface area contributed by atoms with Gasteiger partial charge in [0, 0.05) is 12.2 Å². The summed E-state index contributed by atoms with van der Waals surface area (Å²) in [5, 5.41) is 5.70. The van der Waals surface area contributed by atoms with Gasteiger partial charge in [-0.05, 0) is 55.8 Å². The molecule has 0 saturated heterocycles. The number of nitrogens with zero attached hydrogens (tertiary/aromatic N) is 1. The Morgan fingerprint density at radius 1 is 1.00 bits per heavy atom. The van der Waals surface area contributed by atoms with E-state index in [0.717, 1.165) is 12.2 Å². The second-order valence-corrected chi connectivity index (χ2v) is 6.48. The van der Waals surface area contributed by atoms with Crippen LogP contribution in [0.15, 0.2) is 48.5 Å². The van der Waals surface area contributed by atoms with E-state index in [2.05, 4.69) is 29.7 Å². The van der Waals surface area contributed by atoms with E-state index in [-0.39, 0.29) is 24.9 Å². The van der Waals surface area contributed by atoms with E-state index in [0.29, 0.717) is 12.2 Å². The summed E-state index contributed by atoms with van der Waals surface area (Å²) in [6.07, 6.45) is 0.792.